The van der Waals surface area contributed by atoms with Crippen LogP contribution in [0.2, 0.25) is 0 Å². The van der Waals surface area contributed by atoms with Crippen LogP contribution in [-0.2, 0) is 7.05 Å². The summed E-state index contributed by atoms with van der Waals surface area (Å²) in [7, 11) is 2.05. The third kappa shape index (κ3) is 3.44. The molecular formula is C19H24N6. The average molecular weight is 336 g/mol. The molecule has 0 bridgehead atoms. The van der Waals surface area contributed by atoms with E-state index in [4.69, 9.17) is 5.73 Å². The molecule has 25 heavy (non-hydrogen) atoms. The SMILES string of the molecule is Cn1ccc2c(Nc3ccnc(NC4CCC(N)CC4)n3)cccc21. The number of hydrogen-bond acceptors (Lipinski definition) is 5. The Morgan fingerprint density at radius 3 is 2.80 bits per heavy atom. The highest BCUT2D eigenvalue weighted by Gasteiger charge is 2.19. The lowest BCUT2D eigenvalue weighted by molar-refractivity contribution is 0.410. The summed E-state index contributed by atoms with van der Waals surface area (Å²) in [5, 5.41) is 8.05. The Morgan fingerprint density at radius 1 is 1.12 bits per heavy atom. The van der Waals surface area contributed by atoms with Crippen molar-refractivity contribution in [1.82, 2.24) is 14.5 Å². The molecule has 4 N–H and O–H groups in total. The molecule has 0 saturated heterocycles. The van der Waals surface area contributed by atoms with Crippen LogP contribution in [0.1, 0.15) is 25.7 Å². The van der Waals surface area contributed by atoms with Gasteiger partial charge in [0.05, 0.1) is 0 Å². The summed E-state index contributed by atoms with van der Waals surface area (Å²) in [5.41, 5.74) is 8.22. The third-order valence-electron chi connectivity index (χ3n) is 4.95. The van der Waals surface area contributed by atoms with Crippen LogP contribution in [0.4, 0.5) is 17.5 Å². The zero-order chi connectivity index (χ0) is 17.2. The fourth-order valence-electron chi connectivity index (χ4n) is 3.49. The first-order valence-electron chi connectivity index (χ1n) is 8.85. The van der Waals surface area contributed by atoms with Gasteiger partial charge in [-0.3, -0.25) is 0 Å². The van der Waals surface area contributed by atoms with E-state index in [-0.39, 0.29) is 0 Å². The lowest BCUT2D eigenvalue weighted by Crippen LogP contribution is -2.33. The lowest BCUT2D eigenvalue weighted by atomic mass is 9.92. The summed E-state index contributed by atoms with van der Waals surface area (Å²) in [6.45, 7) is 0. The standard InChI is InChI=1S/C19H24N6/c1-25-12-10-15-16(3-2-4-17(15)25)23-18-9-11-21-19(24-18)22-14-7-5-13(20)6-8-14/h2-4,9-14H,5-8,20H2,1H3,(H2,21,22,23,24). The summed E-state index contributed by atoms with van der Waals surface area (Å²) in [5.74, 6) is 1.46. The minimum atomic E-state index is 0.346. The number of aryl methyl sites for hydroxylation is 1. The molecule has 1 saturated carbocycles. The van der Waals surface area contributed by atoms with E-state index in [2.05, 4.69) is 62.7 Å². The zero-order valence-corrected chi connectivity index (χ0v) is 14.4. The van der Waals surface area contributed by atoms with Crippen molar-refractivity contribution in [3.8, 4) is 0 Å². The largest absolute Gasteiger partial charge is 0.351 e. The first-order chi connectivity index (χ1) is 12.2. The molecule has 0 radical (unpaired) electrons. The molecule has 1 fully saturated rings. The molecule has 1 aromatic carbocycles. The summed E-state index contributed by atoms with van der Waals surface area (Å²) in [4.78, 5) is 8.99. The summed E-state index contributed by atoms with van der Waals surface area (Å²) in [6.07, 6.45) is 8.13. The monoisotopic (exact) mass is 336 g/mol. The van der Waals surface area contributed by atoms with E-state index >= 15 is 0 Å². The lowest BCUT2D eigenvalue weighted by Gasteiger charge is -2.26. The van der Waals surface area contributed by atoms with Gasteiger partial charge in [0.2, 0.25) is 5.95 Å². The maximum absolute atomic E-state index is 5.98. The molecule has 0 unspecified atom stereocenters. The quantitative estimate of drug-likeness (QED) is 0.680. The van der Waals surface area contributed by atoms with Gasteiger partial charge in [-0.2, -0.15) is 4.98 Å². The second kappa shape index (κ2) is 6.72. The Bertz CT molecular complexity index is 863. The van der Waals surface area contributed by atoms with E-state index in [9.17, 15) is 0 Å². The van der Waals surface area contributed by atoms with Crippen LogP contribution in [-0.4, -0.2) is 26.6 Å². The van der Waals surface area contributed by atoms with Gasteiger partial charge in [-0.25, -0.2) is 4.98 Å². The molecule has 0 amide bonds. The summed E-state index contributed by atoms with van der Waals surface area (Å²) >= 11 is 0. The van der Waals surface area contributed by atoms with Crippen LogP contribution < -0.4 is 16.4 Å². The predicted octanol–water partition coefficient (Wildman–Crippen LogP) is 3.39. The summed E-state index contributed by atoms with van der Waals surface area (Å²) < 4.78 is 2.11. The number of nitrogens with one attached hydrogen (secondary N) is 2. The smallest absolute Gasteiger partial charge is 0.224 e. The van der Waals surface area contributed by atoms with Gasteiger partial charge in [0, 0.05) is 48.1 Å². The van der Waals surface area contributed by atoms with Crippen molar-refractivity contribution in [3.05, 3.63) is 42.7 Å². The van der Waals surface area contributed by atoms with Gasteiger partial charge in [0.25, 0.3) is 0 Å². The number of benzene rings is 1. The second-order valence-electron chi connectivity index (χ2n) is 6.81. The van der Waals surface area contributed by atoms with Gasteiger partial charge in [-0.1, -0.05) is 6.07 Å². The number of nitrogens with zero attached hydrogens (tertiary/aromatic N) is 3. The second-order valence-corrected chi connectivity index (χ2v) is 6.81. The first-order valence-corrected chi connectivity index (χ1v) is 8.85. The van der Waals surface area contributed by atoms with Crippen molar-refractivity contribution in [2.45, 2.75) is 37.8 Å². The molecule has 2 heterocycles. The fourth-order valence-corrected chi connectivity index (χ4v) is 3.49. The van der Waals surface area contributed by atoms with E-state index in [1.165, 1.54) is 10.9 Å². The molecule has 1 aliphatic carbocycles. The average Bonchev–Trinajstić information content (AvgIpc) is 3.00. The number of fused-ring (bicyclic) bond motifs is 1. The minimum absolute atomic E-state index is 0.346. The summed E-state index contributed by atoms with van der Waals surface area (Å²) in [6, 6.07) is 11.0. The van der Waals surface area contributed by atoms with Crippen molar-refractivity contribution in [2.75, 3.05) is 10.6 Å². The normalized spacial score (nSPS) is 20.6. The third-order valence-corrected chi connectivity index (χ3v) is 4.95. The van der Waals surface area contributed by atoms with Crippen LogP contribution >= 0.6 is 0 Å². The topological polar surface area (TPSA) is 80.8 Å². The Balaban J connectivity index is 1.51. The first kappa shape index (κ1) is 15.9. The predicted molar refractivity (Wildman–Crippen MR) is 102 cm³/mol. The number of nitrogens with two attached hydrogens (primary N) is 1. The fraction of sp³-hybridized carbons (Fsp3) is 0.368. The highest BCUT2D eigenvalue weighted by Crippen LogP contribution is 2.27. The highest BCUT2D eigenvalue weighted by molar-refractivity contribution is 5.93. The highest BCUT2D eigenvalue weighted by atomic mass is 15.2. The van der Waals surface area contributed by atoms with E-state index in [0.29, 0.717) is 18.0 Å². The van der Waals surface area contributed by atoms with Gasteiger partial charge in [-0.05, 0) is 49.9 Å². The van der Waals surface area contributed by atoms with E-state index < -0.39 is 0 Å². The van der Waals surface area contributed by atoms with Crippen LogP contribution in [0.15, 0.2) is 42.7 Å². The Labute approximate surface area is 147 Å². The molecular weight excluding hydrogens is 312 g/mol. The van der Waals surface area contributed by atoms with Gasteiger partial charge in [-0.15, -0.1) is 0 Å². The Kier molecular flexibility index (Phi) is 4.28. The molecule has 0 atom stereocenters. The van der Waals surface area contributed by atoms with Crippen molar-refractivity contribution in [3.63, 3.8) is 0 Å². The van der Waals surface area contributed by atoms with Crippen molar-refractivity contribution in [2.24, 2.45) is 12.8 Å². The van der Waals surface area contributed by atoms with Gasteiger partial charge < -0.3 is 20.9 Å². The van der Waals surface area contributed by atoms with Crippen molar-refractivity contribution >= 4 is 28.4 Å². The number of anilines is 3. The van der Waals surface area contributed by atoms with Crippen LogP contribution in [0.3, 0.4) is 0 Å². The number of hydrogen-bond donors (Lipinski definition) is 3. The van der Waals surface area contributed by atoms with Crippen LogP contribution in [0.5, 0.6) is 0 Å². The minimum Gasteiger partial charge on any atom is -0.351 e. The van der Waals surface area contributed by atoms with Crippen LogP contribution in [0.25, 0.3) is 10.9 Å². The molecule has 1 aliphatic rings. The van der Waals surface area contributed by atoms with Gasteiger partial charge in [0.1, 0.15) is 5.82 Å². The van der Waals surface area contributed by atoms with Crippen molar-refractivity contribution in [1.29, 1.82) is 0 Å². The van der Waals surface area contributed by atoms with E-state index in [0.717, 1.165) is 37.2 Å². The van der Waals surface area contributed by atoms with E-state index in [1.807, 2.05) is 6.07 Å². The maximum Gasteiger partial charge on any atom is 0.224 e. The Morgan fingerprint density at radius 2 is 1.96 bits per heavy atom. The van der Waals surface area contributed by atoms with Crippen molar-refractivity contribution < 1.29 is 0 Å². The molecule has 2 aromatic heterocycles. The van der Waals surface area contributed by atoms with E-state index in [1.54, 1.807) is 6.20 Å². The maximum atomic E-state index is 5.98. The molecule has 6 heteroatoms. The molecule has 130 valence electrons. The zero-order valence-electron chi connectivity index (χ0n) is 14.4. The number of rotatable bonds is 4. The van der Waals surface area contributed by atoms with Gasteiger partial charge in [0.15, 0.2) is 0 Å². The van der Waals surface area contributed by atoms with Gasteiger partial charge >= 0.3 is 0 Å². The molecule has 6 nitrogen and oxygen atoms in total. The molecule has 0 aliphatic heterocycles. The molecule has 0 spiro atoms. The molecule has 3 aromatic rings. The number of aromatic nitrogens is 3. The Hall–Kier alpha value is -2.60. The molecule has 4 rings (SSSR count). The van der Waals surface area contributed by atoms with Crippen LogP contribution in [0, 0.1) is 0 Å².